The minimum atomic E-state index is -5.69. The molecule has 1 aliphatic rings. The molecule has 0 bridgehead atoms. The summed E-state index contributed by atoms with van der Waals surface area (Å²) in [6.07, 6.45) is -5.98. The van der Waals surface area contributed by atoms with E-state index in [1.54, 1.807) is 0 Å². The molecule has 0 spiro atoms. The summed E-state index contributed by atoms with van der Waals surface area (Å²) in [4.78, 5) is 35.4. The standard InChI is InChI=1S/C10H17N2O14P3/c1-4(11)5-2-6(24-12-5)10-9(14)8(13)7(23-10)3-22-28(18,19)26-29(20,21)25-27(15,16)17/h2,7-10,13-14H,1,3,11H2,(H,18,19)(H,20,21)(H2,15,16,17)/t7-,8-,9-,10+/m1/s1. The molecule has 1 aliphatic heterocycles. The van der Waals surface area contributed by atoms with Crippen LogP contribution in [0.15, 0.2) is 17.2 Å². The summed E-state index contributed by atoms with van der Waals surface area (Å²) >= 11 is 0. The van der Waals surface area contributed by atoms with Crippen LogP contribution in [-0.2, 0) is 31.6 Å². The first-order valence-corrected chi connectivity index (χ1v) is 11.8. The van der Waals surface area contributed by atoms with Crippen LogP contribution >= 0.6 is 23.5 Å². The highest BCUT2D eigenvalue weighted by atomic mass is 31.3. The van der Waals surface area contributed by atoms with Crippen molar-refractivity contribution in [2.45, 2.75) is 24.4 Å². The maximum Gasteiger partial charge on any atom is 0.490 e. The summed E-state index contributed by atoms with van der Waals surface area (Å²) in [6.45, 7) is 2.47. The summed E-state index contributed by atoms with van der Waals surface area (Å²) in [5.41, 5.74) is 5.63. The lowest BCUT2D eigenvalue weighted by molar-refractivity contribution is -0.0300. The van der Waals surface area contributed by atoms with Crippen molar-refractivity contribution >= 4 is 29.2 Å². The zero-order valence-corrected chi connectivity index (χ0v) is 16.8. The molecular formula is C10H17N2O14P3. The Balaban J connectivity index is 2.01. The number of aliphatic hydroxyl groups excluding tert-OH is 2. The molecule has 19 heteroatoms. The number of phosphoric ester groups is 1. The van der Waals surface area contributed by atoms with Crippen molar-refractivity contribution in [2.75, 3.05) is 6.61 Å². The van der Waals surface area contributed by atoms with Gasteiger partial charge in [-0.15, -0.1) is 0 Å². The molecule has 2 rings (SSSR count). The smallest absolute Gasteiger partial charge is 0.397 e. The quantitative estimate of drug-likeness (QED) is 0.210. The molecule has 1 fully saturated rings. The fraction of sp³-hybridized carbons (Fsp3) is 0.500. The first kappa shape index (κ1) is 24.3. The molecule has 166 valence electrons. The molecule has 0 saturated carbocycles. The zero-order chi connectivity index (χ0) is 22.2. The third-order valence-electron chi connectivity index (χ3n) is 3.32. The molecule has 6 atom stereocenters. The second-order valence-corrected chi connectivity index (χ2v) is 10.0. The lowest BCUT2D eigenvalue weighted by Crippen LogP contribution is -2.33. The van der Waals surface area contributed by atoms with Gasteiger partial charge in [0.1, 0.15) is 30.1 Å². The Bertz CT molecular complexity index is 896. The maximum absolute atomic E-state index is 11.7. The highest BCUT2D eigenvalue weighted by Gasteiger charge is 2.47. The van der Waals surface area contributed by atoms with Gasteiger partial charge in [0.25, 0.3) is 0 Å². The molecule has 1 aromatic heterocycles. The van der Waals surface area contributed by atoms with Crippen molar-refractivity contribution in [3.63, 3.8) is 0 Å². The average molecular weight is 482 g/mol. The molecule has 1 saturated heterocycles. The highest BCUT2D eigenvalue weighted by Crippen LogP contribution is 2.66. The molecule has 8 N–H and O–H groups in total. The number of hydrogen-bond acceptors (Lipinski definition) is 12. The van der Waals surface area contributed by atoms with E-state index in [1.807, 2.05) is 0 Å². The number of nitrogens with two attached hydrogens (primary N) is 1. The summed E-state index contributed by atoms with van der Waals surface area (Å²) in [5.74, 6) is -0.0565. The van der Waals surface area contributed by atoms with E-state index in [0.717, 1.165) is 0 Å². The van der Waals surface area contributed by atoms with E-state index < -0.39 is 54.5 Å². The number of phosphoric acid groups is 3. The summed E-state index contributed by atoms with van der Waals surface area (Å²) in [5, 5.41) is 23.6. The van der Waals surface area contributed by atoms with Gasteiger partial charge in [0, 0.05) is 6.07 Å². The second-order valence-electron chi connectivity index (χ2n) is 5.60. The second kappa shape index (κ2) is 8.65. The molecule has 2 unspecified atom stereocenters. The molecule has 0 radical (unpaired) electrons. The van der Waals surface area contributed by atoms with Gasteiger partial charge in [-0.25, -0.2) is 13.7 Å². The van der Waals surface area contributed by atoms with Crippen LogP contribution in [0.2, 0.25) is 0 Å². The first-order valence-electron chi connectivity index (χ1n) is 7.31. The van der Waals surface area contributed by atoms with Crippen LogP contribution in [0.5, 0.6) is 0 Å². The van der Waals surface area contributed by atoms with Gasteiger partial charge in [-0.3, -0.25) is 4.52 Å². The van der Waals surface area contributed by atoms with Crippen LogP contribution in [0, 0.1) is 0 Å². The van der Waals surface area contributed by atoms with Gasteiger partial charge in [0.2, 0.25) is 0 Å². The minimum Gasteiger partial charge on any atom is -0.397 e. The Morgan fingerprint density at radius 2 is 1.76 bits per heavy atom. The summed E-state index contributed by atoms with van der Waals surface area (Å²) < 4.78 is 55.1. The van der Waals surface area contributed by atoms with Crippen LogP contribution in [0.1, 0.15) is 17.6 Å². The predicted octanol–water partition coefficient (Wildman–Crippen LogP) is -0.891. The largest absolute Gasteiger partial charge is 0.490 e. The van der Waals surface area contributed by atoms with Crippen molar-refractivity contribution in [3.05, 3.63) is 24.1 Å². The SMILES string of the molecule is C=C(N)c1cc([C@@H]2O[C@H](COP(=O)(O)OP(=O)(O)OP(=O)(O)O)[C@@H](O)[C@H]2O)on1. The van der Waals surface area contributed by atoms with Gasteiger partial charge in [-0.05, 0) is 0 Å². The van der Waals surface area contributed by atoms with Crippen molar-refractivity contribution in [1.29, 1.82) is 0 Å². The van der Waals surface area contributed by atoms with Gasteiger partial charge in [0.05, 0.1) is 12.3 Å². The summed E-state index contributed by atoms with van der Waals surface area (Å²) in [7, 11) is -16.6. The highest BCUT2D eigenvalue weighted by molar-refractivity contribution is 7.66. The van der Waals surface area contributed by atoms with Gasteiger partial charge in [0.15, 0.2) is 5.76 Å². The van der Waals surface area contributed by atoms with Gasteiger partial charge in [-0.2, -0.15) is 8.62 Å². The van der Waals surface area contributed by atoms with Crippen LogP contribution in [-0.4, -0.2) is 59.9 Å². The number of hydrogen-bond donors (Lipinski definition) is 7. The number of nitrogens with zero attached hydrogens (tertiary/aromatic N) is 1. The Morgan fingerprint density at radius 3 is 2.28 bits per heavy atom. The monoisotopic (exact) mass is 482 g/mol. The van der Waals surface area contributed by atoms with Crippen molar-refractivity contribution in [2.24, 2.45) is 5.73 Å². The van der Waals surface area contributed by atoms with Crippen LogP contribution in [0.25, 0.3) is 5.70 Å². The fourth-order valence-electron chi connectivity index (χ4n) is 2.17. The van der Waals surface area contributed by atoms with Crippen molar-refractivity contribution in [3.8, 4) is 0 Å². The first-order chi connectivity index (χ1) is 13.1. The molecule has 0 amide bonds. The predicted molar refractivity (Wildman–Crippen MR) is 89.2 cm³/mol. The number of aliphatic hydroxyl groups is 2. The van der Waals surface area contributed by atoms with E-state index in [4.69, 9.17) is 29.7 Å². The Kier molecular flexibility index (Phi) is 7.25. The van der Waals surface area contributed by atoms with E-state index in [2.05, 4.69) is 24.9 Å². The Hall–Kier alpha value is -0.960. The van der Waals surface area contributed by atoms with Crippen molar-refractivity contribution < 1.29 is 65.9 Å². The van der Waals surface area contributed by atoms with Gasteiger partial charge < -0.3 is 44.8 Å². The lowest BCUT2D eigenvalue weighted by atomic mass is 10.1. The third-order valence-corrected chi connectivity index (χ3v) is 7.12. The van der Waals surface area contributed by atoms with E-state index in [-0.39, 0.29) is 17.2 Å². The third kappa shape index (κ3) is 6.77. The van der Waals surface area contributed by atoms with Crippen molar-refractivity contribution in [1.82, 2.24) is 5.16 Å². The van der Waals surface area contributed by atoms with E-state index in [1.165, 1.54) is 6.07 Å². The molecule has 0 aromatic carbocycles. The molecule has 29 heavy (non-hydrogen) atoms. The van der Waals surface area contributed by atoms with Crippen LogP contribution in [0.3, 0.4) is 0 Å². The Morgan fingerprint density at radius 1 is 1.14 bits per heavy atom. The maximum atomic E-state index is 11.7. The molecule has 2 heterocycles. The average Bonchev–Trinajstić information content (AvgIpc) is 3.09. The number of aromatic nitrogens is 1. The molecular weight excluding hydrogens is 465 g/mol. The molecule has 16 nitrogen and oxygen atoms in total. The zero-order valence-electron chi connectivity index (χ0n) is 14.1. The van der Waals surface area contributed by atoms with E-state index >= 15 is 0 Å². The topological polar surface area (TPSA) is 262 Å². The normalized spacial score (nSPS) is 29.3. The lowest BCUT2D eigenvalue weighted by Gasteiger charge is -2.19. The van der Waals surface area contributed by atoms with Crippen LogP contribution in [0.4, 0.5) is 0 Å². The number of rotatable bonds is 9. The van der Waals surface area contributed by atoms with Crippen LogP contribution < -0.4 is 5.73 Å². The molecule has 1 aromatic rings. The Labute approximate surface area is 161 Å². The van der Waals surface area contributed by atoms with Gasteiger partial charge >= 0.3 is 23.5 Å². The van der Waals surface area contributed by atoms with Gasteiger partial charge in [-0.1, -0.05) is 11.7 Å². The number of ether oxygens (including phenoxy) is 1. The summed E-state index contributed by atoms with van der Waals surface area (Å²) in [6, 6.07) is 1.27. The fourth-order valence-corrected chi connectivity index (χ4v) is 5.20. The van der Waals surface area contributed by atoms with E-state index in [0.29, 0.717) is 0 Å². The molecule has 0 aliphatic carbocycles. The van der Waals surface area contributed by atoms with E-state index in [9.17, 15) is 28.8 Å². The minimum absolute atomic E-state index is 0.0530.